The van der Waals surface area contributed by atoms with Gasteiger partial charge in [-0.3, -0.25) is 14.5 Å². The van der Waals surface area contributed by atoms with E-state index in [1.165, 1.54) is 6.07 Å². The number of rotatable bonds is 5. The lowest BCUT2D eigenvalue weighted by Gasteiger charge is -2.36. The van der Waals surface area contributed by atoms with E-state index in [1.807, 2.05) is 31.3 Å². The molecule has 4 rings (SSSR count). The zero-order chi connectivity index (χ0) is 24.5. The molecule has 0 aliphatic carbocycles. The van der Waals surface area contributed by atoms with E-state index in [0.29, 0.717) is 5.69 Å². The van der Waals surface area contributed by atoms with E-state index >= 15 is 0 Å². The number of aromatic amines is 1. The van der Waals surface area contributed by atoms with Crippen LogP contribution in [0.15, 0.2) is 41.3 Å². The van der Waals surface area contributed by atoms with Crippen LogP contribution in [0.2, 0.25) is 0 Å². The molecule has 1 amide bonds. The number of nitrogens with one attached hydrogen (secondary N) is 2. The third kappa shape index (κ3) is 4.59. The molecule has 162 valence electrons. The number of benzene rings is 1. The first-order valence-corrected chi connectivity index (χ1v) is 10.4. The van der Waals surface area contributed by atoms with Gasteiger partial charge in [0.1, 0.15) is 11.4 Å². The van der Waals surface area contributed by atoms with Crippen LogP contribution in [0.5, 0.6) is 0 Å². The van der Waals surface area contributed by atoms with Crippen molar-refractivity contribution >= 4 is 22.6 Å². The van der Waals surface area contributed by atoms with Gasteiger partial charge in [0, 0.05) is 49.7 Å². The Morgan fingerprint density at radius 3 is 2.71 bits per heavy atom. The third-order valence-corrected chi connectivity index (χ3v) is 5.57. The number of piperazine rings is 1. The molecule has 0 spiro atoms. The van der Waals surface area contributed by atoms with Gasteiger partial charge in [-0.2, -0.15) is 0 Å². The molecule has 1 aromatic carbocycles. The first-order chi connectivity index (χ1) is 16.1. The van der Waals surface area contributed by atoms with E-state index in [9.17, 15) is 9.59 Å². The molecule has 0 atom stereocenters. The molecule has 8 heteroatoms. The van der Waals surface area contributed by atoms with Gasteiger partial charge in [0.05, 0.1) is 22.9 Å². The molecule has 31 heavy (non-hydrogen) atoms. The van der Waals surface area contributed by atoms with Crippen LogP contribution in [0, 0.1) is 0 Å². The van der Waals surface area contributed by atoms with E-state index in [2.05, 4.69) is 30.8 Å². The number of aromatic nitrogens is 3. The van der Waals surface area contributed by atoms with Crippen LogP contribution in [-0.2, 0) is 6.54 Å². The van der Waals surface area contributed by atoms with E-state index in [4.69, 9.17) is 4.11 Å². The fourth-order valence-corrected chi connectivity index (χ4v) is 3.83. The monoisotopic (exact) mass is 423 g/mol. The number of fused-ring (bicyclic) bond motifs is 1. The number of hydrogen-bond donors (Lipinski definition) is 2. The number of H-pyrrole nitrogens is 1. The van der Waals surface area contributed by atoms with E-state index in [0.717, 1.165) is 55.0 Å². The van der Waals surface area contributed by atoms with Crippen molar-refractivity contribution in [1.82, 2.24) is 25.2 Å². The predicted octanol–water partition coefficient (Wildman–Crippen LogP) is 2.12. The second-order valence-electron chi connectivity index (χ2n) is 8.08. The van der Waals surface area contributed by atoms with Gasteiger partial charge in [-0.25, -0.2) is 9.97 Å². The normalized spacial score (nSPS) is 16.7. The van der Waals surface area contributed by atoms with Gasteiger partial charge in [-0.1, -0.05) is 19.9 Å². The van der Waals surface area contributed by atoms with E-state index in [-0.39, 0.29) is 17.2 Å². The second-order valence-corrected chi connectivity index (χ2v) is 8.08. The SMILES string of the molecule is [2H]C([2H])([2H])NC(=O)c1ccc(N2CCN(Cc3ccc4nc(C(C)C)c(=O)[nH]c4c3)CC2)cn1. The molecule has 1 saturated heterocycles. The van der Waals surface area contributed by atoms with Crippen molar-refractivity contribution in [3.05, 3.63) is 63.8 Å². The zero-order valence-electron chi connectivity index (χ0n) is 20.7. The molecule has 0 radical (unpaired) electrons. The van der Waals surface area contributed by atoms with Gasteiger partial charge >= 0.3 is 0 Å². The first kappa shape index (κ1) is 17.4. The molecule has 0 bridgehead atoms. The van der Waals surface area contributed by atoms with Crippen molar-refractivity contribution in [2.45, 2.75) is 26.3 Å². The van der Waals surface area contributed by atoms with Crippen LogP contribution in [-0.4, -0.2) is 58.9 Å². The summed E-state index contributed by atoms with van der Waals surface area (Å²) in [5, 5.41) is 1.94. The highest BCUT2D eigenvalue weighted by molar-refractivity contribution is 5.92. The summed E-state index contributed by atoms with van der Waals surface area (Å²) < 4.78 is 21.4. The third-order valence-electron chi connectivity index (χ3n) is 5.57. The fourth-order valence-electron chi connectivity index (χ4n) is 3.83. The van der Waals surface area contributed by atoms with Crippen LogP contribution < -0.4 is 15.8 Å². The maximum absolute atomic E-state index is 12.3. The largest absolute Gasteiger partial charge is 0.368 e. The minimum atomic E-state index is -2.54. The second kappa shape index (κ2) is 8.85. The first-order valence-electron chi connectivity index (χ1n) is 11.9. The Balaban J connectivity index is 1.36. The van der Waals surface area contributed by atoms with Crippen LogP contribution >= 0.6 is 0 Å². The van der Waals surface area contributed by atoms with Crippen LogP contribution in [0.25, 0.3) is 11.0 Å². The Kier molecular flexibility index (Phi) is 4.97. The molecule has 8 nitrogen and oxygen atoms in total. The quantitative estimate of drug-likeness (QED) is 0.653. The van der Waals surface area contributed by atoms with Crippen LogP contribution in [0.3, 0.4) is 0 Å². The summed E-state index contributed by atoms with van der Waals surface area (Å²) in [5.74, 6) is -0.648. The summed E-state index contributed by atoms with van der Waals surface area (Å²) in [6, 6.07) is 9.33. The van der Waals surface area contributed by atoms with Gasteiger partial charge in [0.15, 0.2) is 0 Å². The average molecular weight is 424 g/mol. The minimum absolute atomic E-state index is 0.0712. The fraction of sp³-hybridized carbons (Fsp3) is 0.391. The number of anilines is 1. The highest BCUT2D eigenvalue weighted by Gasteiger charge is 2.18. The molecule has 0 saturated carbocycles. The summed E-state index contributed by atoms with van der Waals surface area (Å²) in [7, 11) is 0. The molecule has 1 aliphatic rings. The predicted molar refractivity (Wildman–Crippen MR) is 122 cm³/mol. The highest BCUT2D eigenvalue weighted by atomic mass is 16.1. The van der Waals surface area contributed by atoms with Gasteiger partial charge in [0.25, 0.3) is 11.5 Å². The Morgan fingerprint density at radius 2 is 2.03 bits per heavy atom. The lowest BCUT2D eigenvalue weighted by molar-refractivity contribution is 0.0958. The lowest BCUT2D eigenvalue weighted by Crippen LogP contribution is -2.46. The summed E-state index contributed by atoms with van der Waals surface area (Å²) in [6.45, 7) is 5.43. The van der Waals surface area contributed by atoms with Crippen LogP contribution in [0.4, 0.5) is 5.69 Å². The highest BCUT2D eigenvalue weighted by Crippen LogP contribution is 2.19. The molecular formula is C23H28N6O2. The number of carbonyl (C=O) groups is 1. The topological polar surface area (TPSA) is 94.2 Å². The van der Waals surface area contributed by atoms with Crippen molar-refractivity contribution in [3.8, 4) is 0 Å². The summed E-state index contributed by atoms with van der Waals surface area (Å²) in [5.41, 5.74) is 4.03. The van der Waals surface area contributed by atoms with Crippen molar-refractivity contribution in [2.24, 2.45) is 0 Å². The molecule has 3 heterocycles. The van der Waals surface area contributed by atoms with Crippen molar-refractivity contribution in [2.75, 3.05) is 38.1 Å². The Morgan fingerprint density at radius 1 is 1.23 bits per heavy atom. The summed E-state index contributed by atoms with van der Waals surface area (Å²) in [4.78, 5) is 40.3. The number of carbonyl (C=O) groups excluding carboxylic acids is 1. The van der Waals surface area contributed by atoms with E-state index < -0.39 is 12.9 Å². The van der Waals surface area contributed by atoms with Gasteiger partial charge in [-0.15, -0.1) is 0 Å². The summed E-state index contributed by atoms with van der Waals surface area (Å²) >= 11 is 0. The number of hydrogen-bond acceptors (Lipinski definition) is 6. The Bertz CT molecular complexity index is 1230. The minimum Gasteiger partial charge on any atom is -0.368 e. The Hall–Kier alpha value is -3.26. The number of amides is 1. The van der Waals surface area contributed by atoms with Crippen molar-refractivity contribution in [3.63, 3.8) is 0 Å². The van der Waals surface area contributed by atoms with Crippen molar-refractivity contribution < 1.29 is 8.91 Å². The van der Waals surface area contributed by atoms with Gasteiger partial charge in [0.2, 0.25) is 0 Å². The maximum Gasteiger partial charge on any atom is 0.270 e. The average Bonchev–Trinajstić information content (AvgIpc) is 2.78. The number of pyridine rings is 1. The molecular weight excluding hydrogens is 392 g/mol. The van der Waals surface area contributed by atoms with E-state index in [1.54, 1.807) is 12.3 Å². The Labute approximate surface area is 185 Å². The van der Waals surface area contributed by atoms with Gasteiger partial charge in [-0.05, 0) is 29.8 Å². The summed E-state index contributed by atoms with van der Waals surface area (Å²) in [6.07, 6.45) is 1.60. The van der Waals surface area contributed by atoms with Crippen LogP contribution in [0.1, 0.15) is 45.6 Å². The molecule has 0 unspecified atom stereocenters. The molecule has 2 N–H and O–H groups in total. The zero-order valence-corrected chi connectivity index (χ0v) is 17.7. The molecule has 3 aromatic rings. The van der Waals surface area contributed by atoms with Crippen molar-refractivity contribution in [1.29, 1.82) is 0 Å². The smallest absolute Gasteiger partial charge is 0.270 e. The van der Waals surface area contributed by atoms with Gasteiger partial charge < -0.3 is 15.2 Å². The molecule has 2 aromatic heterocycles. The molecule has 1 aliphatic heterocycles. The number of nitrogens with zero attached hydrogens (tertiary/aromatic N) is 4. The molecule has 1 fully saturated rings. The standard InChI is InChI=1S/C23H28N6O2/c1-15(2)21-23(31)27-20-12-16(4-6-18(20)26-21)14-28-8-10-29(11-9-28)17-5-7-19(25-13-17)22(30)24-3/h4-7,12-13,15H,8-11,14H2,1-3H3,(H,24,30)(H,27,31)/i3D3. The lowest BCUT2D eigenvalue weighted by atomic mass is 10.1. The maximum atomic E-state index is 12.3.